The Hall–Kier alpha value is -4.56. The van der Waals surface area contributed by atoms with Crippen LogP contribution in [0.25, 0.3) is 0 Å². The molecule has 5 aromatic carbocycles. The first kappa shape index (κ1) is 26.1. The number of hydrogen-bond acceptors (Lipinski definition) is 6. The Kier molecular flexibility index (Phi) is 7.93. The van der Waals surface area contributed by atoms with E-state index in [1.165, 1.54) is 18.2 Å². The van der Waals surface area contributed by atoms with Crippen molar-refractivity contribution in [2.45, 2.75) is 0 Å². The second-order valence-corrected chi connectivity index (χ2v) is 18.2. The van der Waals surface area contributed by atoms with Crippen LogP contribution in [0.1, 0.15) is 20.7 Å². The van der Waals surface area contributed by atoms with Gasteiger partial charge in [0.1, 0.15) is 0 Å². The number of azo groups is 1. The molecule has 5 aromatic rings. The van der Waals surface area contributed by atoms with Gasteiger partial charge < -0.3 is 0 Å². The topological polar surface area (TPSA) is 88.3 Å². The summed E-state index contributed by atoms with van der Waals surface area (Å²) in [4.78, 5) is 25.2. The summed E-state index contributed by atoms with van der Waals surface area (Å²) in [5, 5.41) is 18.3. The van der Waals surface area contributed by atoms with Gasteiger partial charge in [-0.05, 0) is 0 Å². The van der Waals surface area contributed by atoms with Gasteiger partial charge in [0.15, 0.2) is 0 Å². The molecule has 1 N–H and O–H groups in total. The molecule has 0 aromatic heterocycles. The van der Waals surface area contributed by atoms with Gasteiger partial charge in [0.2, 0.25) is 0 Å². The summed E-state index contributed by atoms with van der Waals surface area (Å²) in [6, 6.07) is 41.1. The van der Waals surface area contributed by atoms with Gasteiger partial charge in [-0.2, -0.15) is 0 Å². The van der Waals surface area contributed by atoms with Gasteiger partial charge in [0.25, 0.3) is 0 Å². The zero-order valence-electron chi connectivity index (χ0n) is 20.8. The van der Waals surface area contributed by atoms with Crippen molar-refractivity contribution in [3.8, 4) is 5.75 Å². The van der Waals surface area contributed by atoms with E-state index in [-0.39, 0.29) is 16.9 Å². The molecule has 5 rings (SSSR count). The number of carbonyl (C=O) groups excluding carboxylic acids is 2. The van der Waals surface area contributed by atoms with E-state index >= 15 is 0 Å². The third-order valence-electron chi connectivity index (χ3n) is 6.32. The Morgan fingerprint density at radius 3 is 1.72 bits per heavy atom. The van der Waals surface area contributed by atoms with Gasteiger partial charge in [-0.25, -0.2) is 0 Å². The van der Waals surface area contributed by atoms with Crippen LogP contribution >= 0.6 is 0 Å². The van der Waals surface area contributed by atoms with Crippen LogP contribution in [0.15, 0.2) is 144 Å². The third kappa shape index (κ3) is 5.51. The predicted molar refractivity (Wildman–Crippen MR) is 154 cm³/mol. The molecule has 0 aliphatic rings. The van der Waals surface area contributed by atoms with Crippen molar-refractivity contribution in [2.24, 2.45) is 10.2 Å². The summed E-state index contributed by atoms with van der Waals surface area (Å²) < 4.78 is 9.72. The molecule has 0 aliphatic carbocycles. The van der Waals surface area contributed by atoms with Crippen LogP contribution in [-0.4, -0.2) is 36.2 Å². The van der Waals surface area contributed by atoms with Crippen molar-refractivity contribution in [3.05, 3.63) is 145 Å². The summed E-state index contributed by atoms with van der Waals surface area (Å²) in [7, 11) is 0. The first-order valence-electron chi connectivity index (χ1n) is 12.3. The number of phenols is 1. The van der Waals surface area contributed by atoms with Gasteiger partial charge in [0.05, 0.1) is 0 Å². The Balaban J connectivity index is 1.60. The minimum absolute atomic E-state index is 0.103. The van der Waals surface area contributed by atoms with E-state index in [9.17, 15) is 14.7 Å². The standard InChI is InChI=1S/C14H10N2O4.3C6H5.Sn/c17-8-9-7-10(5-6-13(9)18)15-16-12-4-2-1-3-11(12)14(19)20;3*1-2-4-6-5-3-1;/h1-8,18H,(H,19,20);3*1-5H;/q;;;;+1/p-1. The van der Waals surface area contributed by atoms with Gasteiger partial charge in [-0.1, -0.05) is 0 Å². The average Bonchev–Trinajstić information content (AvgIpc) is 3.01. The fourth-order valence-electron chi connectivity index (χ4n) is 4.43. The van der Waals surface area contributed by atoms with E-state index in [0.29, 0.717) is 17.7 Å². The van der Waals surface area contributed by atoms with Gasteiger partial charge in [-0.15, -0.1) is 0 Å². The van der Waals surface area contributed by atoms with Crippen molar-refractivity contribution < 1.29 is 17.8 Å². The van der Waals surface area contributed by atoms with E-state index in [2.05, 4.69) is 10.2 Å². The quantitative estimate of drug-likeness (QED) is 0.142. The first-order valence-corrected chi connectivity index (χ1v) is 17.8. The molecular weight excluding hydrogens is 595 g/mol. The molecule has 6 nitrogen and oxygen atoms in total. The predicted octanol–water partition coefficient (Wildman–Crippen LogP) is 5.44. The molecule has 7 heteroatoms. The number of hydrogen-bond donors (Lipinski definition) is 1. The third-order valence-corrected chi connectivity index (χ3v) is 17.5. The normalized spacial score (nSPS) is 11.3. The molecule has 0 heterocycles. The molecule has 39 heavy (non-hydrogen) atoms. The van der Waals surface area contributed by atoms with Crippen LogP contribution in [0.5, 0.6) is 5.75 Å². The fourth-order valence-corrected chi connectivity index (χ4v) is 15.1. The van der Waals surface area contributed by atoms with Crippen LogP contribution < -0.4 is 10.7 Å². The maximum atomic E-state index is 14.0. The molecule has 0 saturated carbocycles. The summed E-state index contributed by atoms with van der Waals surface area (Å²) >= 11 is -4.34. The first-order chi connectivity index (χ1) is 19.1. The average molecular weight is 619 g/mol. The number of nitrogens with zero attached hydrogens (tertiary/aromatic N) is 2. The van der Waals surface area contributed by atoms with Gasteiger partial charge >= 0.3 is 231 Å². The molecule has 0 radical (unpaired) electrons. The van der Waals surface area contributed by atoms with Gasteiger partial charge in [-0.3, -0.25) is 0 Å². The van der Waals surface area contributed by atoms with E-state index in [1.54, 1.807) is 24.3 Å². The second-order valence-electron chi connectivity index (χ2n) is 8.75. The van der Waals surface area contributed by atoms with Crippen LogP contribution in [0.3, 0.4) is 0 Å². The molecule has 0 saturated heterocycles. The molecule has 0 fully saturated rings. The molecular formula is C32H24N2O4Sn. The second kappa shape index (κ2) is 11.9. The molecule has 0 spiro atoms. The molecule has 0 bridgehead atoms. The Labute approximate surface area is 230 Å². The van der Waals surface area contributed by atoms with E-state index in [4.69, 9.17) is 3.07 Å². The van der Waals surface area contributed by atoms with Gasteiger partial charge in [0, 0.05) is 0 Å². The van der Waals surface area contributed by atoms with Crippen LogP contribution in [0.2, 0.25) is 0 Å². The summed E-state index contributed by atoms with van der Waals surface area (Å²) in [5.41, 5.74) is 1.08. The van der Waals surface area contributed by atoms with Crippen LogP contribution in [0.4, 0.5) is 11.4 Å². The van der Waals surface area contributed by atoms with E-state index in [0.717, 1.165) is 10.7 Å². The number of carbonyl (C=O) groups is 2. The van der Waals surface area contributed by atoms with Crippen molar-refractivity contribution in [1.29, 1.82) is 0 Å². The molecule has 0 amide bonds. The summed E-state index contributed by atoms with van der Waals surface area (Å²) in [6.45, 7) is 0. The SMILES string of the molecule is O=Cc1cc(N=Nc2ccccc2C(=O)[O][Sn]([c]2ccccc2)([c]2ccccc2)[c]2ccccc2)ccc1O. The minimum atomic E-state index is -4.34. The van der Waals surface area contributed by atoms with Crippen LogP contribution in [0, 0.1) is 0 Å². The Bertz CT molecular complexity index is 1530. The van der Waals surface area contributed by atoms with Crippen molar-refractivity contribution >= 4 is 53.2 Å². The maximum absolute atomic E-state index is 14.0. The van der Waals surface area contributed by atoms with Crippen molar-refractivity contribution in [1.82, 2.24) is 0 Å². The Morgan fingerprint density at radius 2 is 1.18 bits per heavy atom. The Morgan fingerprint density at radius 1 is 0.667 bits per heavy atom. The van der Waals surface area contributed by atoms with Crippen molar-refractivity contribution in [2.75, 3.05) is 0 Å². The zero-order chi connectivity index (χ0) is 27.1. The van der Waals surface area contributed by atoms with Crippen LogP contribution in [-0.2, 0) is 3.07 Å². The molecule has 0 unspecified atom stereocenters. The number of phenolic OH excluding ortho intramolecular Hbond substituents is 1. The monoisotopic (exact) mass is 620 g/mol. The zero-order valence-corrected chi connectivity index (χ0v) is 23.7. The summed E-state index contributed by atoms with van der Waals surface area (Å²) in [5.74, 6) is -0.629. The number of aromatic hydroxyl groups is 1. The fraction of sp³-hybridized carbons (Fsp3) is 0. The van der Waals surface area contributed by atoms with E-state index < -0.39 is 24.8 Å². The number of benzene rings is 5. The summed E-state index contributed by atoms with van der Waals surface area (Å²) in [6.07, 6.45) is 0.545. The number of rotatable bonds is 8. The molecule has 0 atom stereocenters. The number of aldehydes is 1. The van der Waals surface area contributed by atoms with E-state index in [1.807, 2.05) is 91.0 Å². The van der Waals surface area contributed by atoms with Crippen molar-refractivity contribution in [3.63, 3.8) is 0 Å². The molecule has 190 valence electrons. The molecule has 0 aliphatic heterocycles.